The quantitative estimate of drug-likeness (QED) is 0.674. The zero-order chi connectivity index (χ0) is 22.3. The van der Waals surface area contributed by atoms with E-state index in [4.69, 9.17) is 10.5 Å². The van der Waals surface area contributed by atoms with Crippen LogP contribution in [-0.2, 0) is 24.1 Å². The van der Waals surface area contributed by atoms with Crippen LogP contribution in [0.25, 0.3) is 11.0 Å². The number of fused-ring (bicyclic) bond motifs is 3. The van der Waals surface area contributed by atoms with E-state index in [2.05, 4.69) is 15.0 Å². The number of alkyl halides is 3. The second-order valence-electron chi connectivity index (χ2n) is 7.28. The summed E-state index contributed by atoms with van der Waals surface area (Å²) in [5.41, 5.74) is 7.93. The van der Waals surface area contributed by atoms with Gasteiger partial charge in [-0.1, -0.05) is 0 Å². The molecule has 162 valence electrons. The molecule has 1 aliphatic heterocycles. The number of ether oxygens (including phenoxy) is 1. The first kappa shape index (κ1) is 21.0. The minimum absolute atomic E-state index is 0.310. The summed E-state index contributed by atoms with van der Waals surface area (Å²) in [5.74, 6) is 0.0550. The summed E-state index contributed by atoms with van der Waals surface area (Å²) in [4.78, 5) is 27.3. The molecule has 0 saturated heterocycles. The van der Waals surface area contributed by atoms with E-state index < -0.39 is 17.8 Å². The number of carbonyl (C=O) groups excluding carboxylic acids is 1. The van der Waals surface area contributed by atoms with Gasteiger partial charge in [0, 0.05) is 29.9 Å². The van der Waals surface area contributed by atoms with Crippen molar-refractivity contribution in [1.82, 2.24) is 19.9 Å². The zero-order valence-corrected chi connectivity index (χ0v) is 16.9. The van der Waals surface area contributed by atoms with Gasteiger partial charge in [0.2, 0.25) is 0 Å². The zero-order valence-electron chi connectivity index (χ0n) is 16.9. The highest BCUT2D eigenvalue weighted by Gasteiger charge is 2.31. The van der Waals surface area contributed by atoms with Gasteiger partial charge in [-0.15, -0.1) is 0 Å². The maximum Gasteiger partial charge on any atom is 0.417 e. The van der Waals surface area contributed by atoms with Crippen LogP contribution in [0.4, 0.5) is 19.0 Å². The highest BCUT2D eigenvalue weighted by atomic mass is 19.4. The fourth-order valence-electron chi connectivity index (χ4n) is 3.70. The Morgan fingerprint density at radius 3 is 2.61 bits per heavy atom. The average molecular weight is 431 g/mol. The Balaban J connectivity index is 1.65. The van der Waals surface area contributed by atoms with Crippen molar-refractivity contribution in [1.29, 1.82) is 0 Å². The molecule has 3 aromatic heterocycles. The Hall–Kier alpha value is -3.27. The molecule has 0 radical (unpaired) electrons. The second-order valence-corrected chi connectivity index (χ2v) is 7.28. The largest absolute Gasteiger partial charge is 0.417 e. The molecule has 10 heteroatoms. The van der Waals surface area contributed by atoms with Crippen molar-refractivity contribution >= 4 is 22.8 Å². The molecule has 0 aromatic carbocycles. The normalized spacial score (nSPS) is 14.5. The van der Waals surface area contributed by atoms with Crippen molar-refractivity contribution in [2.45, 2.75) is 39.3 Å². The maximum atomic E-state index is 13.2. The summed E-state index contributed by atoms with van der Waals surface area (Å²) in [6, 6.07) is 3.43. The molecule has 0 saturated carbocycles. The highest BCUT2D eigenvalue weighted by molar-refractivity contribution is 5.98. The average Bonchev–Trinajstić information content (AvgIpc) is 3.24. The van der Waals surface area contributed by atoms with E-state index in [1.807, 2.05) is 0 Å². The van der Waals surface area contributed by atoms with E-state index in [9.17, 15) is 18.0 Å². The lowest BCUT2D eigenvalue weighted by atomic mass is 10.0. The van der Waals surface area contributed by atoms with Gasteiger partial charge in [-0.25, -0.2) is 9.97 Å². The van der Waals surface area contributed by atoms with Crippen LogP contribution in [0.5, 0.6) is 0 Å². The Labute approximate surface area is 176 Å². The number of rotatable bonds is 4. The summed E-state index contributed by atoms with van der Waals surface area (Å²) in [5, 5.41) is 0.698. The van der Waals surface area contributed by atoms with Gasteiger partial charge < -0.3 is 15.4 Å². The highest BCUT2D eigenvalue weighted by Crippen LogP contribution is 2.32. The van der Waals surface area contributed by atoms with Crippen LogP contribution in [0.1, 0.15) is 52.6 Å². The number of amides is 1. The summed E-state index contributed by atoms with van der Waals surface area (Å²) in [6.07, 6.45) is -2.26. The van der Waals surface area contributed by atoms with Crippen LogP contribution >= 0.6 is 0 Å². The number of hydrogen-bond acceptors (Lipinski definition) is 6. The van der Waals surface area contributed by atoms with Gasteiger partial charge in [-0.3, -0.25) is 9.78 Å². The Kier molecular flexibility index (Phi) is 5.26. The lowest BCUT2D eigenvalue weighted by Crippen LogP contribution is -2.34. The molecule has 0 aliphatic carbocycles. The van der Waals surface area contributed by atoms with Crippen molar-refractivity contribution in [3.8, 4) is 0 Å². The van der Waals surface area contributed by atoms with E-state index in [0.29, 0.717) is 47.9 Å². The molecular formula is C21H20F3N5O2. The van der Waals surface area contributed by atoms with Gasteiger partial charge >= 0.3 is 6.18 Å². The lowest BCUT2D eigenvalue weighted by Gasteiger charge is -2.28. The minimum atomic E-state index is -4.47. The first-order valence-corrected chi connectivity index (χ1v) is 9.69. The van der Waals surface area contributed by atoms with Crippen molar-refractivity contribution in [2.75, 3.05) is 12.3 Å². The monoisotopic (exact) mass is 431 g/mol. The van der Waals surface area contributed by atoms with Crippen LogP contribution in [0, 0.1) is 0 Å². The molecular weight excluding hydrogens is 411 g/mol. The third-order valence-corrected chi connectivity index (χ3v) is 5.44. The maximum absolute atomic E-state index is 13.2. The molecule has 3 aromatic rings. The number of halogens is 3. The number of nitrogen functional groups attached to an aromatic ring is 1. The van der Waals surface area contributed by atoms with Crippen molar-refractivity contribution in [2.24, 2.45) is 0 Å². The van der Waals surface area contributed by atoms with E-state index in [-0.39, 0.29) is 5.91 Å². The molecule has 7 nitrogen and oxygen atoms in total. The fourth-order valence-corrected chi connectivity index (χ4v) is 3.70. The standard InChI is InChI=1S/C21H20F3N5O2/c1-3-29(11(2)17-5-4-13(8-26-17)21(22,23)24)20(30)12-6-14-15-9-31-10-16(15)18(25)28-19(14)27-7-12/h4-8,11H,3,9-10H2,1-2H3,(H2,25,27,28)/t11-/m1/s1. The predicted molar refractivity (Wildman–Crippen MR) is 107 cm³/mol. The van der Waals surface area contributed by atoms with Crippen LogP contribution in [0.3, 0.4) is 0 Å². The van der Waals surface area contributed by atoms with Crippen molar-refractivity contribution in [3.63, 3.8) is 0 Å². The number of aromatic nitrogens is 3. The van der Waals surface area contributed by atoms with Gasteiger partial charge in [0.1, 0.15) is 5.82 Å². The third-order valence-electron chi connectivity index (χ3n) is 5.44. The Bertz CT molecular complexity index is 1150. The molecule has 2 N–H and O–H groups in total. The van der Waals surface area contributed by atoms with Gasteiger partial charge in [-0.05, 0) is 37.6 Å². The van der Waals surface area contributed by atoms with Crippen molar-refractivity contribution in [3.05, 3.63) is 58.5 Å². The number of anilines is 1. The SMILES string of the molecule is CCN(C(=O)c1cnc2nc(N)c3c(c2c1)COC3)[C@H](C)c1ccc(C(F)(F)F)cn1. The first-order chi connectivity index (χ1) is 14.7. The number of pyridine rings is 3. The second kappa shape index (κ2) is 7.77. The van der Waals surface area contributed by atoms with Gasteiger partial charge in [0.25, 0.3) is 5.91 Å². The molecule has 0 bridgehead atoms. The Morgan fingerprint density at radius 1 is 1.23 bits per heavy atom. The van der Waals surface area contributed by atoms with Crippen LogP contribution in [0.15, 0.2) is 30.6 Å². The van der Waals surface area contributed by atoms with E-state index >= 15 is 0 Å². The molecule has 0 fully saturated rings. The van der Waals surface area contributed by atoms with Crippen LogP contribution in [-0.4, -0.2) is 32.3 Å². The topological polar surface area (TPSA) is 94.2 Å². The molecule has 4 heterocycles. The summed E-state index contributed by atoms with van der Waals surface area (Å²) < 4.78 is 43.9. The molecule has 31 heavy (non-hydrogen) atoms. The molecule has 4 rings (SSSR count). The van der Waals surface area contributed by atoms with E-state index in [1.165, 1.54) is 17.2 Å². The van der Waals surface area contributed by atoms with Gasteiger partial charge in [-0.2, -0.15) is 13.2 Å². The van der Waals surface area contributed by atoms with Crippen molar-refractivity contribution < 1.29 is 22.7 Å². The van der Waals surface area contributed by atoms with Gasteiger partial charge in [0.15, 0.2) is 5.65 Å². The number of hydrogen-bond donors (Lipinski definition) is 1. The van der Waals surface area contributed by atoms with Crippen LogP contribution < -0.4 is 5.73 Å². The number of carbonyl (C=O) groups is 1. The smallest absolute Gasteiger partial charge is 0.383 e. The summed E-state index contributed by atoms with van der Waals surface area (Å²) in [7, 11) is 0. The van der Waals surface area contributed by atoms with E-state index in [0.717, 1.165) is 23.4 Å². The van der Waals surface area contributed by atoms with E-state index in [1.54, 1.807) is 19.9 Å². The summed E-state index contributed by atoms with van der Waals surface area (Å²) >= 11 is 0. The molecule has 1 amide bonds. The molecule has 0 spiro atoms. The minimum Gasteiger partial charge on any atom is -0.383 e. The number of nitrogens with zero attached hydrogens (tertiary/aromatic N) is 4. The first-order valence-electron chi connectivity index (χ1n) is 9.69. The van der Waals surface area contributed by atoms with Crippen LogP contribution in [0.2, 0.25) is 0 Å². The fraction of sp³-hybridized carbons (Fsp3) is 0.333. The lowest BCUT2D eigenvalue weighted by molar-refractivity contribution is -0.137. The molecule has 0 unspecified atom stereocenters. The number of nitrogens with two attached hydrogens (primary N) is 1. The predicted octanol–water partition coefficient (Wildman–Crippen LogP) is 3.88. The summed E-state index contributed by atoms with van der Waals surface area (Å²) in [6.45, 7) is 4.57. The molecule has 1 aliphatic rings. The molecule has 1 atom stereocenters. The van der Waals surface area contributed by atoms with Gasteiger partial charge in [0.05, 0.1) is 36.1 Å². The Morgan fingerprint density at radius 2 is 1.97 bits per heavy atom. The third kappa shape index (κ3) is 3.78.